The number of carboxylic acid groups (broad SMARTS) is 1. The third-order valence-corrected chi connectivity index (χ3v) is 9.60. The van der Waals surface area contributed by atoms with Gasteiger partial charge in [0, 0.05) is 25.2 Å². The molecule has 0 saturated heterocycles. The summed E-state index contributed by atoms with van der Waals surface area (Å²) in [5.41, 5.74) is 0. The lowest BCUT2D eigenvalue weighted by molar-refractivity contribution is -0.130. The van der Waals surface area contributed by atoms with E-state index in [0.717, 1.165) is 89.9 Å². The van der Waals surface area contributed by atoms with Crippen LogP contribution in [-0.2, 0) is 9.59 Å². The molecule has 0 rings (SSSR count). The minimum atomic E-state index is -1.60. The molecule has 9 unspecified atom stereocenters. The average Bonchev–Trinajstić information content (AvgIpc) is 3.20. The Kier molecular flexibility index (Phi) is 35.3. The van der Waals surface area contributed by atoms with Gasteiger partial charge in [0.15, 0.2) is 6.10 Å². The summed E-state index contributed by atoms with van der Waals surface area (Å²) in [7, 11) is 0. The Morgan fingerprint density at radius 2 is 1.14 bits per heavy atom. The van der Waals surface area contributed by atoms with E-state index in [1.807, 2.05) is 18.1 Å². The molecule has 59 heavy (non-hydrogen) atoms. The Balaban J connectivity index is 3.80. The van der Waals surface area contributed by atoms with Crippen molar-refractivity contribution in [2.45, 2.75) is 209 Å². The van der Waals surface area contributed by atoms with E-state index < -0.39 is 60.9 Å². The summed E-state index contributed by atoms with van der Waals surface area (Å²) >= 11 is 0. The van der Waals surface area contributed by atoms with Crippen molar-refractivity contribution in [2.75, 3.05) is 0 Å². The average molecular weight is 829 g/mol. The van der Waals surface area contributed by atoms with Crippen molar-refractivity contribution >= 4 is 11.8 Å². The zero-order valence-corrected chi connectivity index (χ0v) is 34.8. The van der Waals surface area contributed by atoms with Crippen LogP contribution in [0.2, 0.25) is 0 Å². The topological polar surface area (TPSA) is 236 Å². The predicted molar refractivity (Wildman–Crippen MR) is 228 cm³/mol. The van der Waals surface area contributed by atoms with Crippen molar-refractivity contribution in [3.05, 3.63) is 24.3 Å². The first kappa shape index (κ1) is 55.5. The van der Waals surface area contributed by atoms with Crippen LogP contribution < -0.4 is 0 Å². The van der Waals surface area contributed by atoms with Gasteiger partial charge < -0.3 is 51.1 Å². The molecule has 0 aliphatic rings. The molecule has 0 bridgehead atoms. The molecule has 0 spiro atoms. The summed E-state index contributed by atoms with van der Waals surface area (Å²) in [6, 6.07) is 0. The SMILES string of the molecule is C#CC(O)C=CC(O)CCCC(O)CC#CC(O)C#CC(O)CCCC(=O)CCCCCC=CC(O)CCCCCCCCCCCCC(O)C(O)C(O)C#CC(=O)O. The normalized spacial score (nSPS) is 15.9. The molecule has 0 heterocycles. The highest BCUT2D eigenvalue weighted by Crippen LogP contribution is 2.15. The van der Waals surface area contributed by atoms with E-state index in [9.17, 15) is 55.5 Å². The van der Waals surface area contributed by atoms with E-state index in [2.05, 4.69) is 29.6 Å². The lowest BCUT2D eigenvalue weighted by Crippen LogP contribution is -2.36. The summed E-state index contributed by atoms with van der Waals surface area (Å²) in [6.07, 6.45) is 20.2. The fourth-order valence-electron chi connectivity index (χ4n) is 6.06. The van der Waals surface area contributed by atoms with Crippen LogP contribution in [0.3, 0.4) is 0 Å². The molecule has 0 fully saturated rings. The molecule has 332 valence electrons. The quantitative estimate of drug-likeness (QED) is 0.0257. The molecule has 0 saturated carbocycles. The molecule has 12 heteroatoms. The first-order valence-electron chi connectivity index (χ1n) is 21.4. The molecule has 0 radical (unpaired) electrons. The van der Waals surface area contributed by atoms with Crippen LogP contribution in [-0.4, -0.2) is 118 Å². The van der Waals surface area contributed by atoms with Crippen molar-refractivity contribution in [2.24, 2.45) is 0 Å². The van der Waals surface area contributed by atoms with Gasteiger partial charge in [0.1, 0.15) is 30.2 Å². The number of terminal acetylenes is 1. The third kappa shape index (κ3) is 36.1. The highest BCUT2D eigenvalue weighted by atomic mass is 16.4. The smallest absolute Gasteiger partial charge is 0.381 e. The van der Waals surface area contributed by atoms with Crippen molar-refractivity contribution in [1.29, 1.82) is 0 Å². The largest absolute Gasteiger partial charge is 0.472 e. The number of rotatable bonds is 33. The number of aliphatic carboxylic acids is 1. The number of Topliss-reactive ketones (excluding diaryl/α,β-unsaturated/α-hetero) is 1. The van der Waals surface area contributed by atoms with Crippen LogP contribution in [0.1, 0.15) is 154 Å². The van der Waals surface area contributed by atoms with E-state index in [1.165, 1.54) is 12.2 Å². The van der Waals surface area contributed by atoms with E-state index in [1.54, 1.807) is 5.92 Å². The van der Waals surface area contributed by atoms with Crippen LogP contribution in [0.4, 0.5) is 0 Å². The lowest BCUT2D eigenvalue weighted by atomic mass is 10.0. The molecule has 12 nitrogen and oxygen atoms in total. The standard InChI is InChI=1S/C47H72O12/c1-2-37(48)31-32-41(52)27-19-25-40(51)26-20-29-43(54)34-33-42(53)28-18-24-39(50)23-16-12-9-11-15-22-38(49)21-14-10-7-5-3-4-6-8-13-17-30-44(55)47(59)45(56)35-36-46(57)58/h1,15,22,31-32,37-38,40-45,47-49,51-56,59H,3-14,16-19,21,23-28,30H2,(H,57,58). The van der Waals surface area contributed by atoms with Crippen molar-refractivity contribution in [3.63, 3.8) is 0 Å². The van der Waals surface area contributed by atoms with Crippen LogP contribution >= 0.6 is 0 Å². The van der Waals surface area contributed by atoms with Crippen LogP contribution in [0.5, 0.6) is 0 Å². The molecule has 0 aliphatic heterocycles. The van der Waals surface area contributed by atoms with E-state index in [4.69, 9.17) is 11.5 Å². The third-order valence-electron chi connectivity index (χ3n) is 9.60. The molecule has 10 N–H and O–H groups in total. The summed E-state index contributed by atoms with van der Waals surface area (Å²) in [4.78, 5) is 22.6. The summed E-state index contributed by atoms with van der Waals surface area (Å²) < 4.78 is 0. The van der Waals surface area contributed by atoms with Gasteiger partial charge in [-0.25, -0.2) is 4.79 Å². The van der Waals surface area contributed by atoms with Crippen molar-refractivity contribution in [3.8, 4) is 47.9 Å². The molecule has 0 aromatic carbocycles. The Morgan fingerprint density at radius 1 is 0.559 bits per heavy atom. The number of hydrogen-bond donors (Lipinski definition) is 10. The maximum atomic E-state index is 12.2. The maximum absolute atomic E-state index is 12.2. The number of allylic oxidation sites excluding steroid dienone is 1. The number of aliphatic hydroxyl groups is 9. The second kappa shape index (κ2) is 37.5. The van der Waals surface area contributed by atoms with Gasteiger partial charge in [-0.1, -0.05) is 124 Å². The summed E-state index contributed by atoms with van der Waals surface area (Å²) in [5, 5.41) is 97.2. The summed E-state index contributed by atoms with van der Waals surface area (Å²) in [6.45, 7) is 0. The molecule has 0 aliphatic carbocycles. The van der Waals surface area contributed by atoms with Crippen LogP contribution in [0, 0.1) is 47.9 Å². The second-order valence-electron chi connectivity index (χ2n) is 15.1. The fraction of sp³-hybridized carbons (Fsp3) is 0.702. The van der Waals surface area contributed by atoms with Gasteiger partial charge in [-0.3, -0.25) is 4.79 Å². The van der Waals surface area contributed by atoms with Crippen LogP contribution in [0.25, 0.3) is 0 Å². The van der Waals surface area contributed by atoms with Gasteiger partial charge in [0.25, 0.3) is 0 Å². The Hall–Kier alpha value is -3.50. The molecule has 0 aromatic heterocycles. The van der Waals surface area contributed by atoms with E-state index >= 15 is 0 Å². The fourth-order valence-corrected chi connectivity index (χ4v) is 6.06. The first-order valence-corrected chi connectivity index (χ1v) is 21.4. The number of ketones is 1. The van der Waals surface area contributed by atoms with Gasteiger partial charge >= 0.3 is 5.97 Å². The number of carboxylic acids is 1. The number of aliphatic hydroxyl groups excluding tert-OH is 9. The predicted octanol–water partition coefficient (Wildman–Crippen LogP) is 4.01. The number of carbonyl (C=O) groups is 2. The monoisotopic (exact) mass is 829 g/mol. The maximum Gasteiger partial charge on any atom is 0.381 e. The zero-order chi connectivity index (χ0) is 44.1. The van der Waals surface area contributed by atoms with Gasteiger partial charge in [-0.05, 0) is 70.3 Å². The van der Waals surface area contributed by atoms with E-state index in [-0.39, 0.29) is 12.2 Å². The minimum Gasteiger partial charge on any atom is -0.472 e. The molecular weight excluding hydrogens is 757 g/mol. The van der Waals surface area contributed by atoms with Gasteiger partial charge in [0.05, 0.1) is 24.4 Å². The van der Waals surface area contributed by atoms with Gasteiger partial charge in [0.2, 0.25) is 0 Å². The zero-order valence-electron chi connectivity index (χ0n) is 34.8. The Labute approximate surface area is 352 Å². The van der Waals surface area contributed by atoms with Crippen molar-refractivity contribution in [1.82, 2.24) is 0 Å². The molecule has 0 amide bonds. The Morgan fingerprint density at radius 3 is 1.78 bits per heavy atom. The van der Waals surface area contributed by atoms with Crippen molar-refractivity contribution < 1.29 is 60.7 Å². The first-order chi connectivity index (χ1) is 28.2. The summed E-state index contributed by atoms with van der Waals surface area (Å²) in [5.74, 6) is 14.8. The number of hydrogen-bond acceptors (Lipinski definition) is 11. The van der Waals surface area contributed by atoms with Gasteiger partial charge in [-0.15, -0.1) is 6.42 Å². The number of unbranched alkanes of at least 4 members (excludes halogenated alkanes) is 12. The molecule has 9 atom stereocenters. The highest BCUT2D eigenvalue weighted by Gasteiger charge is 2.22. The highest BCUT2D eigenvalue weighted by molar-refractivity contribution is 5.86. The molecular formula is C47H72O12. The number of carbonyl (C=O) groups excluding carboxylic acids is 1. The lowest BCUT2D eigenvalue weighted by Gasteiger charge is -2.19. The second-order valence-corrected chi connectivity index (χ2v) is 15.1. The van der Waals surface area contributed by atoms with E-state index in [0.29, 0.717) is 57.8 Å². The molecule has 0 aromatic rings. The Bertz CT molecular complexity index is 1400. The van der Waals surface area contributed by atoms with Gasteiger partial charge in [-0.2, -0.15) is 0 Å². The van der Waals surface area contributed by atoms with Crippen LogP contribution in [0.15, 0.2) is 24.3 Å². The minimum absolute atomic E-state index is 0.124.